The Morgan fingerprint density at radius 3 is 2.56 bits per heavy atom. The van der Waals surface area contributed by atoms with Gasteiger partial charge in [0.25, 0.3) is 11.8 Å². The van der Waals surface area contributed by atoms with Gasteiger partial charge in [0.15, 0.2) is 6.61 Å². The molecule has 0 saturated heterocycles. The second kappa shape index (κ2) is 10.1. The molecule has 9 heteroatoms. The average Bonchev–Trinajstić information content (AvgIpc) is 2.65. The lowest BCUT2D eigenvalue weighted by molar-refractivity contribution is -0.139. The van der Waals surface area contributed by atoms with E-state index in [9.17, 15) is 14.4 Å². The number of carboxylic acids is 1. The number of benzene rings is 2. The lowest BCUT2D eigenvalue weighted by Crippen LogP contribution is -2.34. The third kappa shape index (κ3) is 7.28. The fourth-order valence-electron chi connectivity index (χ4n) is 1.91. The molecule has 0 aliphatic carbocycles. The van der Waals surface area contributed by atoms with E-state index < -0.39 is 18.5 Å². The van der Waals surface area contributed by atoms with Crippen molar-refractivity contribution in [2.24, 2.45) is 5.10 Å². The Kier molecular flexibility index (Phi) is 7.50. The maximum absolute atomic E-state index is 11.9. The lowest BCUT2D eigenvalue weighted by Gasteiger charge is -2.05. The summed E-state index contributed by atoms with van der Waals surface area (Å²) in [5, 5.41) is 14.8. The van der Waals surface area contributed by atoms with Gasteiger partial charge in [-0.1, -0.05) is 22.0 Å². The van der Waals surface area contributed by atoms with Crippen molar-refractivity contribution in [3.05, 3.63) is 64.1 Å². The fourth-order valence-corrected chi connectivity index (χ4v) is 2.31. The van der Waals surface area contributed by atoms with Crippen LogP contribution >= 0.6 is 15.9 Å². The summed E-state index contributed by atoms with van der Waals surface area (Å²) in [6, 6.07) is 13.3. The van der Waals surface area contributed by atoms with Gasteiger partial charge < -0.3 is 15.2 Å². The Bertz CT molecular complexity index is 852. The zero-order chi connectivity index (χ0) is 19.6. The molecule has 2 rings (SSSR count). The number of aliphatic carboxylic acids is 1. The lowest BCUT2D eigenvalue weighted by atomic mass is 10.2. The van der Waals surface area contributed by atoms with Crippen molar-refractivity contribution in [1.29, 1.82) is 0 Å². The molecule has 0 saturated carbocycles. The van der Waals surface area contributed by atoms with Crippen molar-refractivity contribution in [2.45, 2.75) is 0 Å². The monoisotopic (exact) mass is 433 g/mol. The highest BCUT2D eigenvalue weighted by Crippen LogP contribution is 2.11. The molecule has 0 aromatic heterocycles. The zero-order valence-electron chi connectivity index (χ0n) is 14.0. The van der Waals surface area contributed by atoms with Crippen molar-refractivity contribution in [2.75, 3.05) is 13.2 Å². The third-order valence-corrected chi connectivity index (χ3v) is 3.63. The minimum Gasteiger partial charge on any atom is -0.482 e. The van der Waals surface area contributed by atoms with Crippen LogP contribution in [0.15, 0.2) is 58.1 Å². The topological polar surface area (TPSA) is 117 Å². The van der Waals surface area contributed by atoms with Gasteiger partial charge in [0.2, 0.25) is 0 Å². The molecule has 0 fully saturated rings. The summed E-state index contributed by atoms with van der Waals surface area (Å²) in [6.45, 7) is -0.639. The van der Waals surface area contributed by atoms with E-state index in [0.717, 1.165) is 4.47 Å². The van der Waals surface area contributed by atoms with Crippen LogP contribution in [0, 0.1) is 0 Å². The number of carbonyl (C=O) groups excluding carboxylic acids is 2. The second-order valence-electron chi connectivity index (χ2n) is 5.24. The third-order valence-electron chi connectivity index (χ3n) is 3.14. The second-order valence-corrected chi connectivity index (χ2v) is 6.15. The van der Waals surface area contributed by atoms with Crippen LogP contribution in [0.25, 0.3) is 0 Å². The van der Waals surface area contributed by atoms with Gasteiger partial charge in [-0.25, -0.2) is 10.2 Å². The van der Waals surface area contributed by atoms with Gasteiger partial charge in [-0.05, 0) is 48.0 Å². The highest BCUT2D eigenvalue weighted by atomic mass is 79.9. The number of hydrogen-bond donors (Lipinski definition) is 3. The molecule has 3 N–H and O–H groups in total. The van der Waals surface area contributed by atoms with Crippen LogP contribution in [0.5, 0.6) is 5.75 Å². The molecule has 27 heavy (non-hydrogen) atoms. The van der Waals surface area contributed by atoms with E-state index in [0.29, 0.717) is 16.9 Å². The summed E-state index contributed by atoms with van der Waals surface area (Å²) in [5.74, 6) is -1.49. The summed E-state index contributed by atoms with van der Waals surface area (Å²) in [7, 11) is 0. The van der Waals surface area contributed by atoms with Gasteiger partial charge in [-0.3, -0.25) is 9.59 Å². The van der Waals surface area contributed by atoms with Crippen LogP contribution in [-0.2, 0) is 9.59 Å². The smallest absolute Gasteiger partial charge is 0.341 e. The summed E-state index contributed by atoms with van der Waals surface area (Å²) in [4.78, 5) is 34.1. The highest BCUT2D eigenvalue weighted by molar-refractivity contribution is 9.10. The van der Waals surface area contributed by atoms with Gasteiger partial charge in [-0.2, -0.15) is 5.10 Å². The number of carboxylic acid groups (broad SMARTS) is 1. The van der Waals surface area contributed by atoms with E-state index in [-0.39, 0.29) is 12.5 Å². The average molecular weight is 434 g/mol. The molecule has 0 radical (unpaired) electrons. The standard InChI is InChI=1S/C18H16BrN3O5/c19-14-3-1-2-13(8-14)18(26)20-10-16(23)22-21-9-12-4-6-15(7-5-12)27-11-17(24)25/h1-9H,10-11H2,(H,20,26)(H,22,23)(H,24,25). The molecular weight excluding hydrogens is 418 g/mol. The molecule has 140 valence electrons. The fraction of sp³-hybridized carbons (Fsp3) is 0.111. The number of rotatable bonds is 8. The molecule has 0 heterocycles. The Balaban J connectivity index is 1.76. The van der Waals surface area contributed by atoms with Gasteiger partial charge in [0, 0.05) is 10.0 Å². The summed E-state index contributed by atoms with van der Waals surface area (Å²) >= 11 is 3.27. The van der Waals surface area contributed by atoms with Crippen molar-refractivity contribution in [3.63, 3.8) is 0 Å². The zero-order valence-corrected chi connectivity index (χ0v) is 15.6. The predicted octanol–water partition coefficient (Wildman–Crippen LogP) is 1.79. The van der Waals surface area contributed by atoms with Crippen molar-refractivity contribution in [3.8, 4) is 5.75 Å². The number of carbonyl (C=O) groups is 3. The first-order valence-electron chi connectivity index (χ1n) is 7.74. The number of hydrazone groups is 1. The van der Waals surface area contributed by atoms with E-state index in [1.807, 2.05) is 0 Å². The maximum atomic E-state index is 11.9. The van der Waals surface area contributed by atoms with E-state index in [1.54, 1.807) is 48.5 Å². The number of ether oxygens (including phenoxy) is 1. The van der Waals surface area contributed by atoms with Crippen molar-refractivity contribution >= 4 is 39.9 Å². The van der Waals surface area contributed by atoms with E-state index in [1.165, 1.54) is 6.21 Å². The van der Waals surface area contributed by atoms with Gasteiger partial charge in [-0.15, -0.1) is 0 Å². The number of halogens is 1. The minimum absolute atomic E-state index is 0.218. The molecule has 2 aromatic carbocycles. The van der Waals surface area contributed by atoms with Crippen molar-refractivity contribution in [1.82, 2.24) is 10.7 Å². The molecular formula is C18H16BrN3O5. The first-order valence-corrected chi connectivity index (χ1v) is 8.53. The number of nitrogens with zero attached hydrogens (tertiary/aromatic N) is 1. The molecule has 0 bridgehead atoms. The van der Waals surface area contributed by atoms with E-state index >= 15 is 0 Å². The van der Waals surface area contributed by atoms with E-state index in [4.69, 9.17) is 9.84 Å². The first kappa shape index (κ1) is 20.1. The molecule has 0 aliphatic heterocycles. The van der Waals surface area contributed by atoms with Crippen LogP contribution in [0.1, 0.15) is 15.9 Å². The normalized spacial score (nSPS) is 10.4. The molecule has 0 atom stereocenters. The maximum Gasteiger partial charge on any atom is 0.341 e. The van der Waals surface area contributed by atoms with Crippen LogP contribution < -0.4 is 15.5 Å². The number of nitrogens with one attached hydrogen (secondary N) is 2. The molecule has 2 amide bonds. The predicted molar refractivity (Wildman–Crippen MR) is 102 cm³/mol. The number of hydrogen-bond acceptors (Lipinski definition) is 5. The minimum atomic E-state index is -1.06. The van der Waals surface area contributed by atoms with Crippen LogP contribution in [0.3, 0.4) is 0 Å². The Labute approximate surface area is 163 Å². The first-order chi connectivity index (χ1) is 12.9. The Morgan fingerprint density at radius 1 is 1.15 bits per heavy atom. The summed E-state index contributed by atoms with van der Waals surface area (Å²) in [5.41, 5.74) is 3.41. The Hall–Kier alpha value is -3.20. The quantitative estimate of drug-likeness (QED) is 0.433. The van der Waals surface area contributed by atoms with Crippen LogP contribution in [-0.4, -0.2) is 42.3 Å². The SMILES string of the molecule is O=C(O)COc1ccc(C=NNC(=O)CNC(=O)c2cccc(Br)c2)cc1. The number of amides is 2. The van der Waals surface area contributed by atoms with Gasteiger partial charge >= 0.3 is 5.97 Å². The molecule has 0 spiro atoms. The molecule has 2 aromatic rings. The van der Waals surface area contributed by atoms with Gasteiger partial charge in [0.05, 0.1) is 12.8 Å². The van der Waals surface area contributed by atoms with Crippen LogP contribution in [0.2, 0.25) is 0 Å². The highest BCUT2D eigenvalue weighted by Gasteiger charge is 2.07. The largest absolute Gasteiger partial charge is 0.482 e. The van der Waals surface area contributed by atoms with E-state index in [2.05, 4.69) is 31.8 Å². The summed E-state index contributed by atoms with van der Waals surface area (Å²) in [6.07, 6.45) is 1.41. The van der Waals surface area contributed by atoms with Crippen LogP contribution in [0.4, 0.5) is 0 Å². The van der Waals surface area contributed by atoms with Crippen molar-refractivity contribution < 1.29 is 24.2 Å². The molecule has 8 nitrogen and oxygen atoms in total. The molecule has 0 unspecified atom stereocenters. The molecule has 0 aliphatic rings. The van der Waals surface area contributed by atoms with Gasteiger partial charge in [0.1, 0.15) is 5.75 Å². The summed E-state index contributed by atoms with van der Waals surface area (Å²) < 4.78 is 5.77. The Morgan fingerprint density at radius 2 is 1.89 bits per heavy atom.